The summed E-state index contributed by atoms with van der Waals surface area (Å²) < 4.78 is 7.43. The van der Waals surface area contributed by atoms with Gasteiger partial charge < -0.3 is 10.1 Å². The van der Waals surface area contributed by atoms with Crippen molar-refractivity contribution in [1.29, 1.82) is 0 Å². The number of benzene rings is 1. The fourth-order valence-corrected chi connectivity index (χ4v) is 1.84. The zero-order chi connectivity index (χ0) is 13.8. The van der Waals surface area contributed by atoms with Gasteiger partial charge in [-0.1, -0.05) is 5.21 Å². The first kappa shape index (κ1) is 13.4. The highest BCUT2D eigenvalue weighted by atomic mass is 16.5. The third-order valence-corrected chi connectivity index (χ3v) is 2.84. The minimum Gasteiger partial charge on any atom is -0.491 e. The minimum absolute atomic E-state index is 0.193. The molecule has 2 aromatic rings. The summed E-state index contributed by atoms with van der Waals surface area (Å²) in [5.41, 5.74) is 3.30. The molecular weight excluding hydrogens is 240 g/mol. The first-order chi connectivity index (χ1) is 9.06. The Hall–Kier alpha value is -2.04. The molecule has 2 rings (SSSR count). The molecule has 5 heteroatoms. The van der Waals surface area contributed by atoms with E-state index in [2.05, 4.69) is 22.6 Å². The monoisotopic (exact) mass is 260 g/mol. The number of aryl methyl sites for hydroxylation is 2. The standard InChI is InChI=1S/C14H20N4O/c1-10(2)19-13-5-6-14(11(3)7-13)15-8-12-9-16-17-18(12)4/h5-7,9-10,15H,8H2,1-4H3. The number of anilines is 1. The number of aromatic nitrogens is 3. The lowest BCUT2D eigenvalue weighted by atomic mass is 10.2. The van der Waals surface area contributed by atoms with Crippen LogP contribution in [0.25, 0.3) is 0 Å². The van der Waals surface area contributed by atoms with Crippen LogP contribution < -0.4 is 10.1 Å². The molecule has 19 heavy (non-hydrogen) atoms. The molecule has 0 radical (unpaired) electrons. The Balaban J connectivity index is 2.03. The molecule has 0 bridgehead atoms. The Morgan fingerprint density at radius 1 is 1.37 bits per heavy atom. The van der Waals surface area contributed by atoms with Crippen LogP contribution in [0.15, 0.2) is 24.4 Å². The lowest BCUT2D eigenvalue weighted by molar-refractivity contribution is 0.242. The van der Waals surface area contributed by atoms with Gasteiger partial charge in [0.25, 0.3) is 0 Å². The highest BCUT2D eigenvalue weighted by Crippen LogP contribution is 2.22. The summed E-state index contributed by atoms with van der Waals surface area (Å²) >= 11 is 0. The van der Waals surface area contributed by atoms with Crippen molar-refractivity contribution in [3.63, 3.8) is 0 Å². The molecule has 0 aliphatic rings. The summed E-state index contributed by atoms with van der Waals surface area (Å²) in [4.78, 5) is 0. The van der Waals surface area contributed by atoms with Gasteiger partial charge in [-0.05, 0) is 44.5 Å². The lowest BCUT2D eigenvalue weighted by Crippen LogP contribution is -2.08. The van der Waals surface area contributed by atoms with Gasteiger partial charge in [-0.3, -0.25) is 4.68 Å². The second-order valence-corrected chi connectivity index (χ2v) is 4.85. The Labute approximate surface area is 113 Å². The second kappa shape index (κ2) is 5.73. The number of ether oxygens (including phenoxy) is 1. The van der Waals surface area contributed by atoms with Crippen LogP contribution in [0.2, 0.25) is 0 Å². The molecule has 102 valence electrons. The third kappa shape index (κ3) is 3.47. The van der Waals surface area contributed by atoms with E-state index in [1.165, 1.54) is 0 Å². The average Bonchev–Trinajstić information content (AvgIpc) is 2.73. The summed E-state index contributed by atoms with van der Waals surface area (Å²) in [5.74, 6) is 0.903. The number of nitrogens with one attached hydrogen (secondary N) is 1. The van der Waals surface area contributed by atoms with E-state index in [1.807, 2.05) is 39.1 Å². The number of hydrogen-bond donors (Lipinski definition) is 1. The van der Waals surface area contributed by atoms with Gasteiger partial charge in [0.15, 0.2) is 0 Å². The Morgan fingerprint density at radius 2 is 2.16 bits per heavy atom. The molecule has 1 aromatic carbocycles. The second-order valence-electron chi connectivity index (χ2n) is 4.85. The van der Waals surface area contributed by atoms with Crippen molar-refractivity contribution >= 4 is 5.69 Å². The van der Waals surface area contributed by atoms with Gasteiger partial charge >= 0.3 is 0 Å². The molecule has 5 nitrogen and oxygen atoms in total. The molecule has 0 saturated carbocycles. The number of rotatable bonds is 5. The molecule has 1 aromatic heterocycles. The normalized spacial score (nSPS) is 10.8. The topological polar surface area (TPSA) is 52.0 Å². The van der Waals surface area contributed by atoms with E-state index in [-0.39, 0.29) is 6.10 Å². The van der Waals surface area contributed by atoms with E-state index < -0.39 is 0 Å². The van der Waals surface area contributed by atoms with E-state index in [1.54, 1.807) is 10.9 Å². The Morgan fingerprint density at radius 3 is 2.74 bits per heavy atom. The molecule has 0 unspecified atom stereocenters. The van der Waals surface area contributed by atoms with Gasteiger partial charge in [0.1, 0.15) is 5.75 Å². The van der Waals surface area contributed by atoms with Crippen LogP contribution in [0.5, 0.6) is 5.75 Å². The smallest absolute Gasteiger partial charge is 0.120 e. The molecule has 0 saturated heterocycles. The fourth-order valence-electron chi connectivity index (χ4n) is 1.84. The Bertz CT molecular complexity index is 548. The predicted octanol–water partition coefficient (Wildman–Crippen LogP) is 2.52. The van der Waals surface area contributed by atoms with Crippen LogP contribution in [-0.2, 0) is 13.6 Å². The van der Waals surface area contributed by atoms with E-state index in [4.69, 9.17) is 4.74 Å². The number of hydrogen-bond acceptors (Lipinski definition) is 4. The van der Waals surface area contributed by atoms with Crippen LogP contribution in [0.3, 0.4) is 0 Å². The maximum atomic E-state index is 5.67. The van der Waals surface area contributed by atoms with Gasteiger partial charge in [0.2, 0.25) is 0 Å². The summed E-state index contributed by atoms with van der Waals surface area (Å²) in [6.45, 7) is 6.82. The average molecular weight is 260 g/mol. The van der Waals surface area contributed by atoms with E-state index >= 15 is 0 Å². The largest absolute Gasteiger partial charge is 0.491 e. The molecule has 1 N–H and O–H groups in total. The van der Waals surface area contributed by atoms with Crippen molar-refractivity contribution in [1.82, 2.24) is 15.0 Å². The quantitative estimate of drug-likeness (QED) is 0.897. The molecule has 0 atom stereocenters. The van der Waals surface area contributed by atoms with E-state index in [0.717, 1.165) is 22.7 Å². The van der Waals surface area contributed by atoms with Crippen LogP contribution in [0, 0.1) is 6.92 Å². The van der Waals surface area contributed by atoms with Crippen molar-refractivity contribution in [3.05, 3.63) is 35.7 Å². The highest BCUT2D eigenvalue weighted by molar-refractivity contribution is 5.53. The first-order valence-electron chi connectivity index (χ1n) is 6.41. The molecule has 1 heterocycles. The molecule has 0 aliphatic carbocycles. The van der Waals surface area contributed by atoms with Crippen molar-refractivity contribution in [2.45, 2.75) is 33.4 Å². The summed E-state index contributed by atoms with van der Waals surface area (Å²) in [7, 11) is 1.89. The zero-order valence-electron chi connectivity index (χ0n) is 11.8. The van der Waals surface area contributed by atoms with Crippen molar-refractivity contribution in [2.75, 3.05) is 5.32 Å². The van der Waals surface area contributed by atoms with E-state index in [9.17, 15) is 0 Å². The minimum atomic E-state index is 0.193. The van der Waals surface area contributed by atoms with E-state index in [0.29, 0.717) is 6.54 Å². The van der Waals surface area contributed by atoms with Crippen LogP contribution in [0.4, 0.5) is 5.69 Å². The highest BCUT2D eigenvalue weighted by Gasteiger charge is 2.04. The van der Waals surface area contributed by atoms with Crippen molar-refractivity contribution in [2.24, 2.45) is 7.05 Å². The molecule has 0 amide bonds. The predicted molar refractivity (Wildman–Crippen MR) is 75.3 cm³/mol. The fraction of sp³-hybridized carbons (Fsp3) is 0.429. The van der Waals surface area contributed by atoms with Gasteiger partial charge in [-0.2, -0.15) is 0 Å². The summed E-state index contributed by atoms with van der Waals surface area (Å²) in [6.07, 6.45) is 1.96. The van der Waals surface area contributed by atoms with Gasteiger partial charge in [0.05, 0.1) is 24.5 Å². The van der Waals surface area contributed by atoms with Crippen LogP contribution in [-0.4, -0.2) is 21.1 Å². The summed E-state index contributed by atoms with van der Waals surface area (Å²) in [5, 5.41) is 11.1. The van der Waals surface area contributed by atoms with Gasteiger partial charge in [-0.25, -0.2) is 0 Å². The molecule has 0 aliphatic heterocycles. The molecule has 0 fully saturated rings. The molecular formula is C14H20N4O. The molecule has 0 spiro atoms. The lowest BCUT2D eigenvalue weighted by Gasteiger charge is -2.13. The SMILES string of the molecule is Cc1cc(OC(C)C)ccc1NCc1cnnn1C. The zero-order valence-corrected chi connectivity index (χ0v) is 11.8. The maximum absolute atomic E-state index is 5.67. The van der Waals surface area contributed by atoms with Gasteiger partial charge in [-0.15, -0.1) is 5.10 Å². The first-order valence-corrected chi connectivity index (χ1v) is 6.41. The van der Waals surface area contributed by atoms with Gasteiger partial charge in [0, 0.05) is 12.7 Å². The third-order valence-electron chi connectivity index (χ3n) is 2.84. The van der Waals surface area contributed by atoms with Crippen molar-refractivity contribution in [3.8, 4) is 5.75 Å². The summed E-state index contributed by atoms with van der Waals surface area (Å²) in [6, 6.07) is 6.07. The Kier molecular flexibility index (Phi) is 4.04. The number of nitrogens with zero attached hydrogens (tertiary/aromatic N) is 3. The van der Waals surface area contributed by atoms with Crippen molar-refractivity contribution < 1.29 is 4.74 Å². The van der Waals surface area contributed by atoms with Crippen LogP contribution in [0.1, 0.15) is 25.1 Å². The van der Waals surface area contributed by atoms with Crippen LogP contribution >= 0.6 is 0 Å². The maximum Gasteiger partial charge on any atom is 0.120 e.